The van der Waals surface area contributed by atoms with Gasteiger partial charge in [0.1, 0.15) is 11.5 Å². The lowest BCUT2D eigenvalue weighted by Gasteiger charge is -2.03. The van der Waals surface area contributed by atoms with Gasteiger partial charge in [0.05, 0.1) is 6.61 Å². The van der Waals surface area contributed by atoms with Crippen LogP contribution in [-0.2, 0) is 0 Å². The van der Waals surface area contributed by atoms with Gasteiger partial charge in [-0.05, 0) is 18.6 Å². The van der Waals surface area contributed by atoms with Gasteiger partial charge in [-0.2, -0.15) is 0 Å². The van der Waals surface area contributed by atoms with Gasteiger partial charge >= 0.3 is 0 Å². The SMILES string of the molecule is CCCOc1cccc(O)c1. The minimum Gasteiger partial charge on any atom is -0.508 e. The molecule has 0 aliphatic rings. The van der Waals surface area contributed by atoms with Gasteiger partial charge < -0.3 is 9.84 Å². The molecule has 0 amide bonds. The summed E-state index contributed by atoms with van der Waals surface area (Å²) in [6.45, 7) is 2.74. The summed E-state index contributed by atoms with van der Waals surface area (Å²) < 4.78 is 5.28. The molecule has 11 heavy (non-hydrogen) atoms. The topological polar surface area (TPSA) is 29.5 Å². The molecule has 0 aliphatic heterocycles. The molecule has 1 N–H and O–H groups in total. The van der Waals surface area contributed by atoms with E-state index in [0.29, 0.717) is 6.61 Å². The van der Waals surface area contributed by atoms with Crippen LogP contribution in [0.3, 0.4) is 0 Å². The Labute approximate surface area is 66.4 Å². The normalized spacial score (nSPS) is 9.55. The molecule has 0 unspecified atom stereocenters. The molecule has 60 valence electrons. The molecule has 0 heterocycles. The fourth-order valence-corrected chi connectivity index (χ4v) is 0.793. The number of benzene rings is 1. The van der Waals surface area contributed by atoms with Crippen molar-refractivity contribution in [3.63, 3.8) is 0 Å². The maximum absolute atomic E-state index is 9.03. The third-order valence-electron chi connectivity index (χ3n) is 1.29. The maximum Gasteiger partial charge on any atom is 0.122 e. The predicted molar refractivity (Wildman–Crippen MR) is 43.9 cm³/mol. The Morgan fingerprint density at radius 2 is 2.27 bits per heavy atom. The third kappa shape index (κ3) is 2.50. The highest BCUT2D eigenvalue weighted by Crippen LogP contribution is 2.17. The van der Waals surface area contributed by atoms with Crippen molar-refractivity contribution in [3.05, 3.63) is 24.3 Å². The second kappa shape index (κ2) is 3.86. The number of ether oxygens (including phenoxy) is 1. The van der Waals surface area contributed by atoms with E-state index in [2.05, 4.69) is 0 Å². The number of phenols is 1. The number of aromatic hydroxyl groups is 1. The van der Waals surface area contributed by atoms with Crippen molar-refractivity contribution in [3.8, 4) is 11.5 Å². The van der Waals surface area contributed by atoms with E-state index in [-0.39, 0.29) is 5.75 Å². The summed E-state index contributed by atoms with van der Waals surface area (Å²) in [7, 11) is 0. The lowest BCUT2D eigenvalue weighted by molar-refractivity contribution is 0.315. The van der Waals surface area contributed by atoms with Gasteiger partial charge in [0.2, 0.25) is 0 Å². The van der Waals surface area contributed by atoms with E-state index < -0.39 is 0 Å². The van der Waals surface area contributed by atoms with Crippen molar-refractivity contribution >= 4 is 0 Å². The van der Waals surface area contributed by atoms with Crippen molar-refractivity contribution in [1.29, 1.82) is 0 Å². The zero-order chi connectivity index (χ0) is 8.10. The van der Waals surface area contributed by atoms with Gasteiger partial charge in [-0.1, -0.05) is 13.0 Å². The molecule has 0 aromatic heterocycles. The van der Waals surface area contributed by atoms with Gasteiger partial charge in [-0.15, -0.1) is 0 Å². The highest BCUT2D eigenvalue weighted by Gasteiger charge is 1.92. The zero-order valence-corrected chi connectivity index (χ0v) is 6.58. The second-order valence-corrected chi connectivity index (χ2v) is 2.35. The highest BCUT2D eigenvalue weighted by molar-refractivity contribution is 5.31. The fraction of sp³-hybridized carbons (Fsp3) is 0.333. The van der Waals surface area contributed by atoms with Crippen molar-refractivity contribution in [2.75, 3.05) is 6.61 Å². The lowest BCUT2D eigenvalue weighted by atomic mass is 10.3. The molecule has 0 bridgehead atoms. The molecular formula is C9H12O2. The lowest BCUT2D eigenvalue weighted by Crippen LogP contribution is -1.93. The van der Waals surface area contributed by atoms with Gasteiger partial charge in [-0.3, -0.25) is 0 Å². The van der Waals surface area contributed by atoms with E-state index in [1.54, 1.807) is 18.2 Å². The Morgan fingerprint density at radius 1 is 1.45 bits per heavy atom. The van der Waals surface area contributed by atoms with Gasteiger partial charge in [0, 0.05) is 6.07 Å². The minimum atomic E-state index is 0.249. The van der Waals surface area contributed by atoms with E-state index in [0.717, 1.165) is 12.2 Å². The first-order chi connectivity index (χ1) is 5.33. The smallest absolute Gasteiger partial charge is 0.122 e. The molecule has 0 saturated heterocycles. The van der Waals surface area contributed by atoms with Crippen molar-refractivity contribution in [2.45, 2.75) is 13.3 Å². The Bertz CT molecular complexity index is 221. The summed E-state index contributed by atoms with van der Waals surface area (Å²) in [5.41, 5.74) is 0. The van der Waals surface area contributed by atoms with Crippen LogP contribution in [0.25, 0.3) is 0 Å². The average Bonchev–Trinajstić information content (AvgIpc) is 2.01. The van der Waals surface area contributed by atoms with Crippen LogP contribution in [0.4, 0.5) is 0 Å². The molecule has 0 saturated carbocycles. The van der Waals surface area contributed by atoms with Crippen LogP contribution in [0.5, 0.6) is 11.5 Å². The number of hydrogen-bond donors (Lipinski definition) is 1. The monoisotopic (exact) mass is 152 g/mol. The van der Waals surface area contributed by atoms with Crippen molar-refractivity contribution < 1.29 is 9.84 Å². The molecule has 2 heteroatoms. The van der Waals surface area contributed by atoms with E-state index in [1.165, 1.54) is 0 Å². The summed E-state index contributed by atoms with van der Waals surface area (Å²) >= 11 is 0. The first kappa shape index (κ1) is 7.92. The molecule has 1 aromatic carbocycles. The quantitative estimate of drug-likeness (QED) is 0.719. The molecule has 0 fully saturated rings. The number of rotatable bonds is 3. The van der Waals surface area contributed by atoms with E-state index in [4.69, 9.17) is 9.84 Å². The van der Waals surface area contributed by atoms with Crippen LogP contribution in [0.2, 0.25) is 0 Å². The summed E-state index contributed by atoms with van der Waals surface area (Å²) in [6, 6.07) is 6.82. The minimum absolute atomic E-state index is 0.249. The van der Waals surface area contributed by atoms with E-state index in [1.807, 2.05) is 13.0 Å². The van der Waals surface area contributed by atoms with Gasteiger partial charge in [0.15, 0.2) is 0 Å². The molecule has 1 aromatic rings. The van der Waals surface area contributed by atoms with Gasteiger partial charge in [-0.25, -0.2) is 0 Å². The first-order valence-corrected chi connectivity index (χ1v) is 3.74. The Kier molecular flexibility index (Phi) is 2.78. The molecular weight excluding hydrogens is 140 g/mol. The van der Waals surface area contributed by atoms with Crippen LogP contribution in [-0.4, -0.2) is 11.7 Å². The van der Waals surface area contributed by atoms with Crippen LogP contribution in [0.15, 0.2) is 24.3 Å². The zero-order valence-electron chi connectivity index (χ0n) is 6.58. The largest absolute Gasteiger partial charge is 0.508 e. The summed E-state index contributed by atoms with van der Waals surface area (Å²) in [6.07, 6.45) is 0.982. The summed E-state index contributed by atoms with van der Waals surface area (Å²) in [4.78, 5) is 0. The fourth-order valence-electron chi connectivity index (χ4n) is 0.793. The first-order valence-electron chi connectivity index (χ1n) is 3.74. The van der Waals surface area contributed by atoms with E-state index in [9.17, 15) is 0 Å². The molecule has 0 spiro atoms. The van der Waals surface area contributed by atoms with Crippen molar-refractivity contribution in [2.24, 2.45) is 0 Å². The molecule has 0 aliphatic carbocycles. The maximum atomic E-state index is 9.03. The predicted octanol–water partition coefficient (Wildman–Crippen LogP) is 2.18. The Morgan fingerprint density at radius 3 is 2.91 bits per heavy atom. The van der Waals surface area contributed by atoms with Crippen LogP contribution in [0.1, 0.15) is 13.3 Å². The molecule has 0 radical (unpaired) electrons. The van der Waals surface area contributed by atoms with Gasteiger partial charge in [0.25, 0.3) is 0 Å². The highest BCUT2D eigenvalue weighted by atomic mass is 16.5. The van der Waals surface area contributed by atoms with Crippen LogP contribution in [0, 0.1) is 0 Å². The second-order valence-electron chi connectivity index (χ2n) is 2.35. The number of phenolic OH excluding ortho intramolecular Hbond substituents is 1. The molecule has 1 rings (SSSR count). The van der Waals surface area contributed by atoms with Crippen molar-refractivity contribution in [1.82, 2.24) is 0 Å². The molecule has 0 atom stereocenters. The third-order valence-corrected chi connectivity index (χ3v) is 1.29. The van der Waals surface area contributed by atoms with E-state index >= 15 is 0 Å². The standard InChI is InChI=1S/C9H12O2/c1-2-6-11-9-5-3-4-8(10)7-9/h3-5,7,10H,2,6H2,1H3. The van der Waals surface area contributed by atoms with Crippen LogP contribution < -0.4 is 4.74 Å². The summed E-state index contributed by atoms with van der Waals surface area (Å²) in [5, 5.41) is 9.03. The summed E-state index contributed by atoms with van der Waals surface area (Å²) in [5.74, 6) is 0.977. The Hall–Kier alpha value is -1.18. The number of hydrogen-bond acceptors (Lipinski definition) is 2. The average molecular weight is 152 g/mol. The Balaban J connectivity index is 2.56. The molecule has 2 nitrogen and oxygen atoms in total. The van der Waals surface area contributed by atoms with Crippen LogP contribution >= 0.6 is 0 Å².